The van der Waals surface area contributed by atoms with E-state index in [0.717, 1.165) is 10.5 Å². The predicted octanol–water partition coefficient (Wildman–Crippen LogP) is 3.86. The molecule has 0 aliphatic heterocycles. The number of carbonyl (C=O) groups is 1. The molecule has 0 aromatic heterocycles. The monoisotopic (exact) mass is 300 g/mol. The molecule has 5 heteroatoms. The molecule has 0 radical (unpaired) electrons. The Bertz CT molecular complexity index is 666. The van der Waals surface area contributed by atoms with Gasteiger partial charge in [-0.2, -0.15) is 0 Å². The summed E-state index contributed by atoms with van der Waals surface area (Å²) < 4.78 is 0. The van der Waals surface area contributed by atoms with Gasteiger partial charge in [-0.3, -0.25) is 4.79 Å². The van der Waals surface area contributed by atoms with E-state index in [1.165, 1.54) is 11.8 Å². The van der Waals surface area contributed by atoms with E-state index < -0.39 is 0 Å². The lowest BCUT2D eigenvalue weighted by atomic mass is 10.1. The zero-order chi connectivity index (χ0) is 15.2. The Morgan fingerprint density at radius 3 is 2.43 bits per heavy atom. The first-order chi connectivity index (χ1) is 10.2. The van der Waals surface area contributed by atoms with Crippen LogP contribution in [-0.2, 0) is 0 Å². The molecule has 2 N–H and O–H groups in total. The van der Waals surface area contributed by atoms with E-state index in [2.05, 4.69) is 10.5 Å². The second-order valence-corrected chi connectivity index (χ2v) is 5.27. The maximum absolute atomic E-state index is 12.3. The summed E-state index contributed by atoms with van der Waals surface area (Å²) >= 11 is 1.54. The SMILES string of the molecule is CSc1ccccc1C(=O)Nc1ccc(C(C)=NO)cc1. The molecule has 0 atom stereocenters. The van der Waals surface area contributed by atoms with Crippen LogP contribution in [0.3, 0.4) is 0 Å². The van der Waals surface area contributed by atoms with E-state index in [-0.39, 0.29) is 5.91 Å². The van der Waals surface area contributed by atoms with Gasteiger partial charge in [-0.15, -0.1) is 11.8 Å². The molecule has 4 nitrogen and oxygen atoms in total. The lowest BCUT2D eigenvalue weighted by Crippen LogP contribution is -2.13. The number of nitrogens with one attached hydrogen (secondary N) is 1. The standard InChI is InChI=1S/C16H16N2O2S/c1-11(18-20)12-7-9-13(10-8-12)17-16(19)14-5-3-4-6-15(14)21-2/h3-10,20H,1-2H3,(H,17,19). The van der Waals surface area contributed by atoms with Gasteiger partial charge in [0.05, 0.1) is 11.3 Å². The molecule has 0 spiro atoms. The van der Waals surface area contributed by atoms with Crippen molar-refractivity contribution >= 4 is 29.1 Å². The molecule has 2 aromatic carbocycles. The lowest BCUT2D eigenvalue weighted by Gasteiger charge is -2.09. The van der Waals surface area contributed by atoms with E-state index in [1.54, 1.807) is 37.3 Å². The van der Waals surface area contributed by atoms with Crippen molar-refractivity contribution in [1.29, 1.82) is 0 Å². The van der Waals surface area contributed by atoms with Gasteiger partial charge in [-0.1, -0.05) is 29.4 Å². The minimum Gasteiger partial charge on any atom is -0.411 e. The number of thioether (sulfide) groups is 1. The van der Waals surface area contributed by atoms with Crippen molar-refractivity contribution in [1.82, 2.24) is 0 Å². The Balaban J connectivity index is 2.16. The highest BCUT2D eigenvalue weighted by Gasteiger charge is 2.10. The lowest BCUT2D eigenvalue weighted by molar-refractivity contribution is 0.102. The van der Waals surface area contributed by atoms with Crippen LogP contribution < -0.4 is 5.32 Å². The van der Waals surface area contributed by atoms with Crippen LogP contribution in [0.5, 0.6) is 0 Å². The molecular weight excluding hydrogens is 284 g/mol. The summed E-state index contributed by atoms with van der Waals surface area (Å²) in [5.41, 5.74) is 2.69. The number of rotatable bonds is 4. The van der Waals surface area contributed by atoms with Gasteiger partial charge in [-0.25, -0.2) is 0 Å². The molecule has 2 aromatic rings. The quantitative estimate of drug-likeness (QED) is 0.390. The van der Waals surface area contributed by atoms with E-state index >= 15 is 0 Å². The molecule has 21 heavy (non-hydrogen) atoms. The zero-order valence-corrected chi connectivity index (χ0v) is 12.6. The van der Waals surface area contributed by atoms with Gasteiger partial charge in [-0.05, 0) is 43.0 Å². The van der Waals surface area contributed by atoms with Gasteiger partial charge >= 0.3 is 0 Å². The maximum atomic E-state index is 12.3. The van der Waals surface area contributed by atoms with Crippen molar-refractivity contribution in [3.63, 3.8) is 0 Å². The molecular formula is C16H16N2O2S. The average molecular weight is 300 g/mol. The van der Waals surface area contributed by atoms with Gasteiger partial charge < -0.3 is 10.5 Å². The molecule has 2 rings (SSSR count). The first kappa shape index (κ1) is 15.1. The highest BCUT2D eigenvalue weighted by atomic mass is 32.2. The van der Waals surface area contributed by atoms with E-state index in [0.29, 0.717) is 17.0 Å². The summed E-state index contributed by atoms with van der Waals surface area (Å²) in [7, 11) is 0. The molecule has 0 aliphatic rings. The molecule has 0 aliphatic carbocycles. The number of carbonyl (C=O) groups excluding carboxylic acids is 1. The van der Waals surface area contributed by atoms with E-state index in [4.69, 9.17) is 5.21 Å². The van der Waals surface area contributed by atoms with Gasteiger partial charge in [0.25, 0.3) is 5.91 Å². The van der Waals surface area contributed by atoms with E-state index in [9.17, 15) is 4.79 Å². The third-order valence-corrected chi connectivity index (χ3v) is 3.86. The number of hydrogen-bond donors (Lipinski definition) is 2. The average Bonchev–Trinajstić information content (AvgIpc) is 2.54. The Hall–Kier alpha value is -2.27. The number of benzene rings is 2. The first-order valence-corrected chi connectivity index (χ1v) is 7.61. The summed E-state index contributed by atoms with van der Waals surface area (Å²) in [6.07, 6.45) is 1.94. The smallest absolute Gasteiger partial charge is 0.256 e. The van der Waals surface area contributed by atoms with Crippen molar-refractivity contribution in [2.45, 2.75) is 11.8 Å². The van der Waals surface area contributed by atoms with Crippen molar-refractivity contribution in [2.24, 2.45) is 5.16 Å². The third-order valence-electron chi connectivity index (χ3n) is 3.06. The van der Waals surface area contributed by atoms with Crippen molar-refractivity contribution < 1.29 is 10.0 Å². The van der Waals surface area contributed by atoms with Gasteiger partial charge in [0.1, 0.15) is 0 Å². The third kappa shape index (κ3) is 3.64. The Kier molecular flexibility index (Phi) is 5.00. The van der Waals surface area contributed by atoms with Crippen molar-refractivity contribution in [3.8, 4) is 0 Å². The highest BCUT2D eigenvalue weighted by Crippen LogP contribution is 2.21. The second-order valence-electron chi connectivity index (χ2n) is 4.42. The summed E-state index contributed by atoms with van der Waals surface area (Å²) in [6, 6.07) is 14.6. The molecule has 1 amide bonds. The van der Waals surface area contributed by atoms with E-state index in [1.807, 2.05) is 24.5 Å². The summed E-state index contributed by atoms with van der Waals surface area (Å²) in [5, 5.41) is 14.7. The highest BCUT2D eigenvalue weighted by molar-refractivity contribution is 7.98. The predicted molar refractivity (Wildman–Crippen MR) is 86.6 cm³/mol. The minimum atomic E-state index is -0.139. The molecule has 0 heterocycles. The Morgan fingerprint density at radius 1 is 1.14 bits per heavy atom. The molecule has 0 saturated carbocycles. The fraction of sp³-hybridized carbons (Fsp3) is 0.125. The molecule has 0 fully saturated rings. The van der Waals surface area contributed by atoms with Crippen LogP contribution in [0.4, 0.5) is 5.69 Å². The van der Waals surface area contributed by atoms with Crippen LogP contribution in [0, 0.1) is 0 Å². The van der Waals surface area contributed by atoms with Gasteiger partial charge in [0, 0.05) is 10.6 Å². The second kappa shape index (κ2) is 6.95. The molecule has 0 saturated heterocycles. The van der Waals surface area contributed by atoms with Crippen LogP contribution in [-0.4, -0.2) is 23.1 Å². The maximum Gasteiger partial charge on any atom is 0.256 e. The summed E-state index contributed by atoms with van der Waals surface area (Å²) in [4.78, 5) is 13.2. The summed E-state index contributed by atoms with van der Waals surface area (Å²) in [6.45, 7) is 1.71. The Labute approximate surface area is 127 Å². The number of amides is 1. The van der Waals surface area contributed by atoms with Crippen molar-refractivity contribution in [2.75, 3.05) is 11.6 Å². The van der Waals surface area contributed by atoms with Crippen molar-refractivity contribution in [3.05, 3.63) is 59.7 Å². The number of hydrogen-bond acceptors (Lipinski definition) is 4. The van der Waals surface area contributed by atoms with Crippen LogP contribution in [0.2, 0.25) is 0 Å². The Morgan fingerprint density at radius 2 is 1.81 bits per heavy atom. The molecule has 108 valence electrons. The number of nitrogens with zero attached hydrogens (tertiary/aromatic N) is 1. The number of oxime groups is 1. The normalized spacial score (nSPS) is 11.2. The molecule has 0 unspecified atom stereocenters. The fourth-order valence-electron chi connectivity index (χ4n) is 1.88. The fourth-order valence-corrected chi connectivity index (χ4v) is 2.48. The van der Waals surface area contributed by atoms with Gasteiger partial charge in [0.15, 0.2) is 0 Å². The molecule has 0 bridgehead atoms. The summed E-state index contributed by atoms with van der Waals surface area (Å²) in [5.74, 6) is -0.139. The number of anilines is 1. The van der Waals surface area contributed by atoms with Crippen LogP contribution in [0.25, 0.3) is 0 Å². The van der Waals surface area contributed by atoms with Crippen LogP contribution in [0.15, 0.2) is 58.6 Å². The van der Waals surface area contributed by atoms with Crippen LogP contribution in [0.1, 0.15) is 22.8 Å². The van der Waals surface area contributed by atoms with Crippen LogP contribution >= 0.6 is 11.8 Å². The topological polar surface area (TPSA) is 61.7 Å². The van der Waals surface area contributed by atoms with Gasteiger partial charge in [0.2, 0.25) is 0 Å². The minimum absolute atomic E-state index is 0.139. The zero-order valence-electron chi connectivity index (χ0n) is 11.8. The first-order valence-electron chi connectivity index (χ1n) is 6.39. The largest absolute Gasteiger partial charge is 0.411 e.